The molecular weight excluding hydrogens is 481 g/mol. The first-order chi connectivity index (χ1) is 16.0. The van der Waals surface area contributed by atoms with E-state index in [1.54, 1.807) is 30.3 Å². The molecular formula is C21H22ClF3N4O5. The Bertz CT molecular complexity index is 1010. The van der Waals surface area contributed by atoms with Gasteiger partial charge in [-0.3, -0.25) is 9.59 Å². The first-order valence-electron chi connectivity index (χ1n) is 9.94. The van der Waals surface area contributed by atoms with Crippen LogP contribution in [0.5, 0.6) is 5.75 Å². The third kappa shape index (κ3) is 8.19. The summed E-state index contributed by atoms with van der Waals surface area (Å²) in [5, 5.41) is 16.4. The van der Waals surface area contributed by atoms with Crippen LogP contribution >= 0.6 is 11.6 Å². The smallest absolute Gasteiger partial charge is 0.490 e. The molecule has 0 aliphatic carbocycles. The largest absolute Gasteiger partial charge is 0.497 e. The van der Waals surface area contributed by atoms with E-state index in [1.165, 1.54) is 13.3 Å². The maximum Gasteiger partial charge on any atom is 0.490 e. The van der Waals surface area contributed by atoms with Gasteiger partial charge >= 0.3 is 12.1 Å². The normalized spacial score (nSPS) is 13.8. The summed E-state index contributed by atoms with van der Waals surface area (Å²) < 4.78 is 36.9. The van der Waals surface area contributed by atoms with Crippen LogP contribution in [0.4, 0.5) is 24.7 Å². The molecule has 2 amide bonds. The molecule has 1 fully saturated rings. The minimum Gasteiger partial charge on any atom is -0.497 e. The molecule has 0 radical (unpaired) electrons. The number of methoxy groups -OCH3 is 1. The van der Waals surface area contributed by atoms with E-state index in [2.05, 4.69) is 20.9 Å². The van der Waals surface area contributed by atoms with Gasteiger partial charge in [0.1, 0.15) is 11.6 Å². The molecule has 0 unspecified atom stereocenters. The van der Waals surface area contributed by atoms with Crippen LogP contribution in [-0.2, 0) is 9.59 Å². The number of benzene rings is 1. The Balaban J connectivity index is 0.000000509. The Morgan fingerprint density at radius 1 is 1.15 bits per heavy atom. The number of carboxylic acid groups (broad SMARTS) is 1. The fourth-order valence-electron chi connectivity index (χ4n) is 2.90. The molecule has 0 bridgehead atoms. The summed E-state index contributed by atoms with van der Waals surface area (Å²) in [4.78, 5) is 38.3. The first-order valence-corrected chi connectivity index (χ1v) is 10.3. The average molecular weight is 503 g/mol. The Morgan fingerprint density at radius 3 is 2.32 bits per heavy atom. The minimum absolute atomic E-state index is 0.0674. The van der Waals surface area contributed by atoms with Crippen molar-refractivity contribution >= 4 is 40.9 Å². The number of amides is 2. The van der Waals surface area contributed by atoms with Crippen molar-refractivity contribution in [3.63, 3.8) is 0 Å². The maximum atomic E-state index is 12.7. The van der Waals surface area contributed by atoms with Crippen molar-refractivity contribution in [3.05, 3.63) is 47.1 Å². The predicted molar refractivity (Wildman–Crippen MR) is 118 cm³/mol. The standard InChI is InChI=1S/C19H21ClN4O3.C2HF3O2/c1-27-14-3-4-16(23-18(25)12-6-8-21-9-7-12)15(10-14)19(26)24-17-5-2-13(20)11-22-17;3-2(4,5)1(6)7/h2-5,10-12,21H,6-9H2,1H3,(H,23,25)(H,22,24,26);(H,6,7). The highest BCUT2D eigenvalue weighted by atomic mass is 35.5. The number of aromatic nitrogens is 1. The van der Waals surface area contributed by atoms with Gasteiger partial charge in [0, 0.05) is 12.1 Å². The van der Waals surface area contributed by atoms with E-state index in [0.717, 1.165) is 25.9 Å². The molecule has 1 aromatic heterocycles. The summed E-state index contributed by atoms with van der Waals surface area (Å²) in [6.07, 6.45) is -2.08. The number of carbonyl (C=O) groups excluding carboxylic acids is 2. The number of aliphatic carboxylic acids is 1. The van der Waals surface area contributed by atoms with Crippen molar-refractivity contribution < 1.29 is 37.4 Å². The van der Waals surface area contributed by atoms with Gasteiger partial charge in [-0.2, -0.15) is 13.2 Å². The zero-order chi connectivity index (χ0) is 25.3. The van der Waals surface area contributed by atoms with Gasteiger partial charge in [-0.15, -0.1) is 0 Å². The number of anilines is 2. The van der Waals surface area contributed by atoms with Crippen molar-refractivity contribution in [1.82, 2.24) is 10.3 Å². The molecule has 2 heterocycles. The van der Waals surface area contributed by atoms with Gasteiger partial charge in [0.15, 0.2) is 0 Å². The second kappa shape index (κ2) is 12.2. The molecule has 1 saturated heterocycles. The zero-order valence-electron chi connectivity index (χ0n) is 17.9. The molecule has 0 atom stereocenters. The number of nitrogens with zero attached hydrogens (tertiary/aromatic N) is 1. The molecule has 2 aromatic rings. The molecule has 184 valence electrons. The maximum absolute atomic E-state index is 12.7. The lowest BCUT2D eigenvalue weighted by molar-refractivity contribution is -0.192. The van der Waals surface area contributed by atoms with Crippen LogP contribution in [0, 0.1) is 5.92 Å². The summed E-state index contributed by atoms with van der Waals surface area (Å²) in [5.74, 6) is -2.42. The zero-order valence-corrected chi connectivity index (χ0v) is 18.7. The van der Waals surface area contributed by atoms with Gasteiger partial charge in [0.2, 0.25) is 5.91 Å². The molecule has 0 saturated carbocycles. The first kappa shape index (κ1) is 26.9. The van der Waals surface area contributed by atoms with Crippen LogP contribution < -0.4 is 20.7 Å². The second-order valence-corrected chi connectivity index (χ2v) is 7.48. The number of ether oxygens (including phenoxy) is 1. The molecule has 34 heavy (non-hydrogen) atoms. The number of nitrogens with one attached hydrogen (secondary N) is 3. The quantitative estimate of drug-likeness (QED) is 0.492. The van der Waals surface area contributed by atoms with E-state index in [1.807, 2.05) is 0 Å². The molecule has 1 aliphatic rings. The highest BCUT2D eigenvalue weighted by molar-refractivity contribution is 6.30. The lowest BCUT2D eigenvalue weighted by atomic mass is 9.97. The van der Waals surface area contributed by atoms with Gasteiger partial charge in [-0.25, -0.2) is 9.78 Å². The van der Waals surface area contributed by atoms with E-state index in [9.17, 15) is 22.8 Å². The SMILES string of the molecule is COc1ccc(NC(=O)C2CCNCC2)c(C(=O)Nc2ccc(Cl)cn2)c1.O=C(O)C(F)(F)F. The van der Waals surface area contributed by atoms with Crippen LogP contribution in [0.1, 0.15) is 23.2 Å². The van der Waals surface area contributed by atoms with Gasteiger partial charge in [0.05, 0.1) is 23.4 Å². The number of hydrogen-bond acceptors (Lipinski definition) is 6. The Labute approximate surface area is 197 Å². The highest BCUT2D eigenvalue weighted by Gasteiger charge is 2.38. The van der Waals surface area contributed by atoms with E-state index in [-0.39, 0.29) is 11.8 Å². The van der Waals surface area contributed by atoms with Crippen LogP contribution in [0.25, 0.3) is 0 Å². The Morgan fingerprint density at radius 2 is 1.79 bits per heavy atom. The molecule has 13 heteroatoms. The summed E-state index contributed by atoms with van der Waals surface area (Å²) in [5.41, 5.74) is 0.735. The number of carboxylic acids is 1. The molecule has 1 aliphatic heterocycles. The van der Waals surface area contributed by atoms with Gasteiger partial charge in [-0.1, -0.05) is 11.6 Å². The number of pyridine rings is 1. The van der Waals surface area contributed by atoms with Crippen molar-refractivity contribution in [2.45, 2.75) is 19.0 Å². The van der Waals surface area contributed by atoms with Crippen LogP contribution in [0.15, 0.2) is 36.5 Å². The van der Waals surface area contributed by atoms with Crippen molar-refractivity contribution in [3.8, 4) is 5.75 Å². The highest BCUT2D eigenvalue weighted by Crippen LogP contribution is 2.25. The lowest BCUT2D eigenvalue weighted by Gasteiger charge is -2.22. The van der Waals surface area contributed by atoms with Crippen molar-refractivity contribution in [2.24, 2.45) is 5.92 Å². The third-order valence-corrected chi connectivity index (χ3v) is 4.87. The van der Waals surface area contributed by atoms with E-state index in [4.69, 9.17) is 26.2 Å². The predicted octanol–water partition coefficient (Wildman–Crippen LogP) is 3.57. The van der Waals surface area contributed by atoms with Gasteiger partial charge in [0.25, 0.3) is 5.91 Å². The Kier molecular flexibility index (Phi) is 9.63. The van der Waals surface area contributed by atoms with E-state index < -0.39 is 18.1 Å². The number of piperidine rings is 1. The molecule has 0 spiro atoms. The summed E-state index contributed by atoms with van der Waals surface area (Å²) in [7, 11) is 1.52. The monoisotopic (exact) mass is 502 g/mol. The number of hydrogen-bond donors (Lipinski definition) is 4. The number of rotatable bonds is 5. The van der Waals surface area contributed by atoms with Crippen molar-refractivity contribution in [1.29, 1.82) is 0 Å². The molecule has 4 N–H and O–H groups in total. The van der Waals surface area contributed by atoms with Gasteiger partial charge < -0.3 is 25.8 Å². The molecule has 9 nitrogen and oxygen atoms in total. The second-order valence-electron chi connectivity index (χ2n) is 7.04. The number of alkyl halides is 3. The summed E-state index contributed by atoms with van der Waals surface area (Å²) in [6.45, 7) is 1.63. The van der Waals surface area contributed by atoms with E-state index in [0.29, 0.717) is 27.8 Å². The summed E-state index contributed by atoms with van der Waals surface area (Å²) >= 11 is 5.82. The average Bonchev–Trinajstić information content (AvgIpc) is 2.81. The van der Waals surface area contributed by atoms with Crippen LogP contribution in [0.2, 0.25) is 5.02 Å². The number of halogens is 4. The number of carbonyl (C=O) groups is 3. The fourth-order valence-corrected chi connectivity index (χ4v) is 3.01. The third-order valence-electron chi connectivity index (χ3n) is 4.65. The van der Waals surface area contributed by atoms with Gasteiger partial charge in [-0.05, 0) is 56.3 Å². The van der Waals surface area contributed by atoms with Crippen LogP contribution in [-0.4, -0.2) is 54.2 Å². The van der Waals surface area contributed by atoms with Crippen molar-refractivity contribution in [2.75, 3.05) is 30.8 Å². The summed E-state index contributed by atoms with van der Waals surface area (Å²) in [6, 6.07) is 8.20. The molecule has 1 aromatic carbocycles. The van der Waals surface area contributed by atoms with Crippen LogP contribution in [0.3, 0.4) is 0 Å². The van der Waals surface area contributed by atoms with E-state index >= 15 is 0 Å². The Hall–Kier alpha value is -3.38. The minimum atomic E-state index is -5.08. The lowest BCUT2D eigenvalue weighted by Crippen LogP contribution is -2.35. The topological polar surface area (TPSA) is 130 Å². The molecule has 3 rings (SSSR count). The fraction of sp³-hybridized carbons (Fsp3) is 0.333.